The minimum Gasteiger partial charge on any atom is -0.360 e. The topological polar surface area (TPSA) is 50.1 Å². The van der Waals surface area contributed by atoms with Gasteiger partial charge in [-0.05, 0) is 44.4 Å². The van der Waals surface area contributed by atoms with Crippen LogP contribution in [0.25, 0.3) is 0 Å². The molecule has 33 heavy (non-hydrogen) atoms. The third-order valence-corrected chi connectivity index (χ3v) is 7.00. The zero-order valence-corrected chi connectivity index (χ0v) is 19.3. The second kappa shape index (κ2) is 13.0. The van der Waals surface area contributed by atoms with E-state index in [9.17, 15) is 32.0 Å². The average Bonchev–Trinajstić information content (AvgIpc) is 2.79. The minimum atomic E-state index is -5.62. The highest BCUT2D eigenvalue weighted by Crippen LogP contribution is 2.54. The van der Waals surface area contributed by atoms with E-state index in [1.165, 1.54) is 19.3 Å². The molecule has 2 bridgehead atoms. The van der Waals surface area contributed by atoms with Gasteiger partial charge in [-0.25, -0.2) is 0 Å². The standard InChI is InChI=1S/C25H36F5NO2/c1-2-3-4-5-6-7-8-11-18(17-31)12-9-10-13-21(32)23-19-14-15-22(33-23)20(16-19)24(26,27)25(28,29)30/h18-20,22H,1-16H2. The van der Waals surface area contributed by atoms with Crippen molar-refractivity contribution in [1.29, 1.82) is 5.26 Å². The molecule has 3 nitrogen and oxygen atoms in total. The number of nitriles is 1. The van der Waals surface area contributed by atoms with Crippen molar-refractivity contribution >= 4 is 5.78 Å². The maximum atomic E-state index is 13.8. The first kappa shape index (κ1) is 28.0. The molecule has 3 rings (SSSR count). The zero-order chi connectivity index (χ0) is 24.5. The quantitative estimate of drug-likeness (QED) is 0.179. The summed E-state index contributed by atoms with van der Waals surface area (Å²) in [7, 11) is 0. The number of fused-ring (bicyclic) bond motifs is 3. The van der Waals surface area contributed by atoms with Crippen LogP contribution in [0.2, 0.25) is 0 Å². The Morgan fingerprint density at radius 1 is 1.00 bits per heavy atom. The highest BCUT2D eigenvalue weighted by Gasteiger charge is 2.67. The molecule has 4 atom stereocenters. The van der Waals surface area contributed by atoms with Crippen molar-refractivity contribution in [2.24, 2.45) is 17.8 Å². The van der Waals surface area contributed by atoms with Gasteiger partial charge in [-0.15, -0.1) is 0 Å². The number of ketones is 1. The van der Waals surface area contributed by atoms with Gasteiger partial charge in [-0.3, -0.25) is 4.79 Å². The van der Waals surface area contributed by atoms with Gasteiger partial charge in [0.1, 0.15) is 0 Å². The van der Waals surface area contributed by atoms with Crippen molar-refractivity contribution in [3.8, 4) is 6.07 Å². The Labute approximate surface area is 194 Å². The van der Waals surface area contributed by atoms with E-state index in [1.54, 1.807) is 0 Å². The third kappa shape index (κ3) is 7.90. The van der Waals surface area contributed by atoms with Crippen LogP contribution in [0, 0.1) is 42.1 Å². The van der Waals surface area contributed by atoms with E-state index in [0.29, 0.717) is 25.7 Å². The van der Waals surface area contributed by atoms with E-state index >= 15 is 0 Å². The van der Waals surface area contributed by atoms with Gasteiger partial charge < -0.3 is 4.74 Å². The SMILES string of the molecule is [CH2]CCCCCCCCC(C#N)CCCCC(=O)[C]1OC2CCC1CC2C(F)(F)C(F)(F)F. The van der Waals surface area contributed by atoms with Crippen LogP contribution in [0.3, 0.4) is 0 Å². The van der Waals surface area contributed by atoms with Crippen LogP contribution in [0.4, 0.5) is 22.0 Å². The van der Waals surface area contributed by atoms with Gasteiger partial charge in [0.2, 0.25) is 0 Å². The normalized spacial score (nSPS) is 24.6. The average molecular weight is 478 g/mol. The predicted octanol–water partition coefficient (Wildman–Crippen LogP) is 7.76. The molecule has 3 fully saturated rings. The third-order valence-electron chi connectivity index (χ3n) is 7.00. The Balaban J connectivity index is 1.67. The van der Waals surface area contributed by atoms with Crippen LogP contribution >= 0.6 is 0 Å². The summed E-state index contributed by atoms with van der Waals surface area (Å²) in [6.45, 7) is 3.83. The number of rotatable bonds is 15. The van der Waals surface area contributed by atoms with E-state index in [2.05, 4.69) is 13.0 Å². The number of alkyl halides is 5. The Bertz CT molecular complexity index is 646. The van der Waals surface area contributed by atoms with E-state index in [1.807, 2.05) is 0 Å². The molecule has 4 unspecified atom stereocenters. The van der Waals surface area contributed by atoms with Gasteiger partial charge in [0.05, 0.1) is 18.1 Å². The van der Waals surface area contributed by atoms with Gasteiger partial charge in [0.25, 0.3) is 0 Å². The highest BCUT2D eigenvalue weighted by molar-refractivity contribution is 5.90. The number of ether oxygens (including phenoxy) is 1. The molecule has 8 heteroatoms. The Kier molecular flexibility index (Phi) is 11.0. The first-order valence-electron chi connectivity index (χ1n) is 12.3. The molecular weight excluding hydrogens is 441 g/mol. The Hall–Kier alpha value is -1.23. The zero-order valence-electron chi connectivity index (χ0n) is 19.3. The number of nitrogens with zero attached hydrogens (tertiary/aromatic N) is 1. The van der Waals surface area contributed by atoms with E-state index < -0.39 is 30.0 Å². The van der Waals surface area contributed by atoms with Crippen LogP contribution in [0.15, 0.2) is 0 Å². The summed E-state index contributed by atoms with van der Waals surface area (Å²) in [5.41, 5.74) is 0. The van der Waals surface area contributed by atoms with Gasteiger partial charge >= 0.3 is 12.1 Å². The second-order valence-corrected chi connectivity index (χ2v) is 9.52. The lowest BCUT2D eigenvalue weighted by molar-refractivity contribution is -0.325. The second-order valence-electron chi connectivity index (χ2n) is 9.52. The van der Waals surface area contributed by atoms with E-state index in [-0.39, 0.29) is 37.1 Å². The van der Waals surface area contributed by atoms with Crippen molar-refractivity contribution in [2.75, 3.05) is 0 Å². The summed E-state index contributed by atoms with van der Waals surface area (Å²) >= 11 is 0. The summed E-state index contributed by atoms with van der Waals surface area (Å²) in [5.74, 6) is -7.76. The molecular formula is C25H36F5NO2. The number of hydrogen-bond donors (Lipinski definition) is 0. The molecule has 1 saturated carbocycles. The molecule has 2 saturated heterocycles. The molecule has 0 aromatic heterocycles. The largest absolute Gasteiger partial charge is 0.453 e. The van der Waals surface area contributed by atoms with Crippen molar-refractivity contribution in [2.45, 2.75) is 115 Å². The number of carbonyl (C=O) groups excluding carboxylic acids is 1. The highest BCUT2D eigenvalue weighted by atomic mass is 19.4. The molecule has 0 N–H and O–H groups in total. The van der Waals surface area contributed by atoms with Gasteiger partial charge in [-0.1, -0.05) is 58.3 Å². The summed E-state index contributed by atoms with van der Waals surface area (Å²) in [6, 6.07) is 2.33. The van der Waals surface area contributed by atoms with Crippen LogP contribution in [0.5, 0.6) is 0 Å². The molecule has 0 aromatic rings. The first-order chi connectivity index (χ1) is 15.6. The fourth-order valence-corrected chi connectivity index (χ4v) is 5.01. The number of halogens is 5. The van der Waals surface area contributed by atoms with Crippen molar-refractivity contribution in [3.05, 3.63) is 13.0 Å². The smallest absolute Gasteiger partial charge is 0.360 e. The van der Waals surface area contributed by atoms with Crippen molar-refractivity contribution < 1.29 is 31.5 Å². The van der Waals surface area contributed by atoms with E-state index in [4.69, 9.17) is 4.74 Å². The summed E-state index contributed by atoms with van der Waals surface area (Å²) in [5, 5.41) is 9.34. The fourth-order valence-electron chi connectivity index (χ4n) is 5.01. The lowest BCUT2D eigenvalue weighted by Crippen LogP contribution is -2.56. The summed E-state index contributed by atoms with van der Waals surface area (Å²) in [6.07, 6.45) is 4.13. The molecule has 2 aliphatic heterocycles. The van der Waals surface area contributed by atoms with Crippen molar-refractivity contribution in [3.63, 3.8) is 0 Å². The van der Waals surface area contributed by atoms with Gasteiger partial charge in [-0.2, -0.15) is 27.2 Å². The van der Waals surface area contributed by atoms with E-state index in [0.717, 1.165) is 32.1 Å². The minimum absolute atomic E-state index is 0.0418. The first-order valence-corrected chi connectivity index (χ1v) is 12.3. The molecule has 0 amide bonds. The van der Waals surface area contributed by atoms with Gasteiger partial charge in [0, 0.05) is 12.3 Å². The Morgan fingerprint density at radius 2 is 1.61 bits per heavy atom. The van der Waals surface area contributed by atoms with Crippen LogP contribution < -0.4 is 0 Å². The number of carbonyl (C=O) groups is 1. The van der Waals surface area contributed by atoms with Crippen molar-refractivity contribution in [1.82, 2.24) is 0 Å². The van der Waals surface area contributed by atoms with Crippen LogP contribution in [-0.2, 0) is 9.53 Å². The molecule has 0 aromatic carbocycles. The molecule has 0 spiro atoms. The number of hydrogen-bond acceptors (Lipinski definition) is 3. The molecule has 2 radical (unpaired) electrons. The predicted molar refractivity (Wildman–Crippen MR) is 115 cm³/mol. The maximum Gasteiger partial charge on any atom is 0.453 e. The number of unbranched alkanes of at least 4 members (excludes halogenated alkanes) is 7. The monoisotopic (exact) mass is 477 g/mol. The maximum absolute atomic E-state index is 13.8. The molecule has 2 heterocycles. The molecule has 1 aliphatic carbocycles. The fraction of sp³-hybridized carbons (Fsp3) is 0.840. The van der Waals surface area contributed by atoms with Crippen LogP contribution in [-0.4, -0.2) is 24.0 Å². The molecule has 3 aliphatic rings. The Morgan fingerprint density at radius 3 is 2.15 bits per heavy atom. The summed E-state index contributed by atoms with van der Waals surface area (Å²) in [4.78, 5) is 12.5. The van der Waals surface area contributed by atoms with Crippen LogP contribution in [0.1, 0.15) is 96.3 Å². The lowest BCUT2D eigenvalue weighted by atomic mass is 9.70. The number of Topliss-reactive ketones (excluding diaryl/α,β-unsaturated/α-hetero) is 1. The molecule has 188 valence electrons. The van der Waals surface area contributed by atoms with Gasteiger partial charge in [0.15, 0.2) is 11.9 Å². The summed E-state index contributed by atoms with van der Waals surface area (Å²) < 4.78 is 71.3. The lowest BCUT2D eigenvalue weighted by Gasteiger charge is -2.48.